The normalized spacial score (nSPS) is 23.6. The highest BCUT2D eigenvalue weighted by molar-refractivity contribution is 6.30. The van der Waals surface area contributed by atoms with E-state index in [-0.39, 0.29) is 5.91 Å². The third-order valence-electron chi connectivity index (χ3n) is 3.51. The van der Waals surface area contributed by atoms with E-state index in [1.165, 1.54) is 0 Å². The van der Waals surface area contributed by atoms with Crippen molar-refractivity contribution in [1.82, 2.24) is 9.80 Å². The maximum atomic E-state index is 12.2. The zero-order chi connectivity index (χ0) is 14.8. The van der Waals surface area contributed by atoms with E-state index in [1.54, 1.807) is 19.0 Å². The van der Waals surface area contributed by atoms with Gasteiger partial charge in [-0.05, 0) is 24.6 Å². The third kappa shape index (κ3) is 3.51. The monoisotopic (exact) mass is 296 g/mol. The summed E-state index contributed by atoms with van der Waals surface area (Å²) in [5, 5.41) is 0.739. The molecular weight excluding hydrogens is 276 g/mol. The Morgan fingerprint density at radius 2 is 2.25 bits per heavy atom. The van der Waals surface area contributed by atoms with Crippen LogP contribution in [0.15, 0.2) is 24.3 Å². The molecule has 0 radical (unpaired) electrons. The lowest BCUT2D eigenvalue weighted by Gasteiger charge is -2.40. The highest BCUT2D eigenvalue weighted by Crippen LogP contribution is 2.22. The summed E-state index contributed by atoms with van der Waals surface area (Å²) in [6.45, 7) is 4.62. The topological polar surface area (TPSA) is 32.8 Å². The van der Waals surface area contributed by atoms with Gasteiger partial charge in [0.15, 0.2) is 5.60 Å². The Hall–Kier alpha value is -1.10. The Bertz CT molecular complexity index is 493. The molecule has 1 aromatic carbocycles. The van der Waals surface area contributed by atoms with Gasteiger partial charge in [0, 0.05) is 38.8 Å². The second kappa shape index (κ2) is 6.12. The highest BCUT2D eigenvalue weighted by Gasteiger charge is 2.40. The molecule has 1 aliphatic heterocycles. The van der Waals surface area contributed by atoms with Crippen LogP contribution in [0.5, 0.6) is 0 Å². The molecule has 1 heterocycles. The van der Waals surface area contributed by atoms with Crippen LogP contribution in [-0.2, 0) is 16.1 Å². The van der Waals surface area contributed by atoms with Crippen molar-refractivity contribution < 1.29 is 9.53 Å². The molecule has 0 N–H and O–H groups in total. The summed E-state index contributed by atoms with van der Waals surface area (Å²) >= 11 is 6.01. The van der Waals surface area contributed by atoms with Gasteiger partial charge in [-0.3, -0.25) is 9.69 Å². The lowest BCUT2D eigenvalue weighted by atomic mass is 10.0. The van der Waals surface area contributed by atoms with Crippen LogP contribution in [0.4, 0.5) is 0 Å². The second-order valence-corrected chi connectivity index (χ2v) is 6.06. The number of morpholine rings is 1. The van der Waals surface area contributed by atoms with Gasteiger partial charge in [-0.15, -0.1) is 0 Å². The second-order valence-electron chi connectivity index (χ2n) is 5.62. The van der Waals surface area contributed by atoms with Crippen molar-refractivity contribution in [2.75, 3.05) is 33.8 Å². The Kier molecular flexibility index (Phi) is 4.68. The number of ether oxygens (including phenoxy) is 1. The molecule has 1 amide bonds. The Labute approximate surface area is 125 Å². The summed E-state index contributed by atoms with van der Waals surface area (Å²) in [6.07, 6.45) is 0. The van der Waals surface area contributed by atoms with E-state index in [0.29, 0.717) is 13.2 Å². The molecule has 1 aliphatic rings. The molecule has 0 spiro atoms. The van der Waals surface area contributed by atoms with Crippen LogP contribution >= 0.6 is 11.6 Å². The number of likely N-dealkylation sites (N-methyl/N-ethyl adjacent to an activating group) is 1. The number of carbonyl (C=O) groups excluding carboxylic acids is 1. The minimum atomic E-state index is -0.764. The van der Waals surface area contributed by atoms with Crippen molar-refractivity contribution >= 4 is 17.5 Å². The molecule has 4 nitrogen and oxygen atoms in total. The van der Waals surface area contributed by atoms with Gasteiger partial charge in [0.1, 0.15) is 0 Å². The van der Waals surface area contributed by atoms with Crippen LogP contribution in [0.3, 0.4) is 0 Å². The first-order valence-corrected chi connectivity index (χ1v) is 7.11. The number of rotatable bonds is 3. The van der Waals surface area contributed by atoms with Crippen molar-refractivity contribution in [2.45, 2.75) is 19.1 Å². The number of amides is 1. The third-order valence-corrected chi connectivity index (χ3v) is 3.74. The standard InChI is InChI=1S/C15H21ClN2O2/c1-15(14(19)17(2)3)11-18(7-8-20-15)10-12-5-4-6-13(16)9-12/h4-6,9H,7-8,10-11H2,1-3H3/t15-/m1/s1. The van der Waals surface area contributed by atoms with Crippen molar-refractivity contribution in [3.8, 4) is 0 Å². The van der Waals surface area contributed by atoms with E-state index in [4.69, 9.17) is 16.3 Å². The van der Waals surface area contributed by atoms with Gasteiger partial charge < -0.3 is 9.64 Å². The smallest absolute Gasteiger partial charge is 0.255 e. The molecule has 0 aliphatic carbocycles. The van der Waals surface area contributed by atoms with Gasteiger partial charge in [0.05, 0.1) is 6.61 Å². The van der Waals surface area contributed by atoms with Gasteiger partial charge in [0.25, 0.3) is 5.91 Å². The first-order chi connectivity index (χ1) is 9.40. The van der Waals surface area contributed by atoms with Crippen molar-refractivity contribution in [3.63, 3.8) is 0 Å². The van der Waals surface area contributed by atoms with Gasteiger partial charge >= 0.3 is 0 Å². The molecule has 1 aromatic rings. The van der Waals surface area contributed by atoms with Crippen LogP contribution in [0.1, 0.15) is 12.5 Å². The fourth-order valence-corrected chi connectivity index (χ4v) is 2.80. The van der Waals surface area contributed by atoms with Gasteiger partial charge in [0.2, 0.25) is 0 Å². The van der Waals surface area contributed by atoms with E-state index in [0.717, 1.165) is 23.7 Å². The number of hydrogen-bond donors (Lipinski definition) is 0. The Morgan fingerprint density at radius 3 is 2.90 bits per heavy atom. The van der Waals surface area contributed by atoms with E-state index in [1.807, 2.05) is 31.2 Å². The molecule has 110 valence electrons. The molecule has 5 heteroatoms. The minimum absolute atomic E-state index is 0.00768. The summed E-state index contributed by atoms with van der Waals surface area (Å²) in [5.41, 5.74) is 0.388. The lowest BCUT2D eigenvalue weighted by Crippen LogP contribution is -2.57. The van der Waals surface area contributed by atoms with Gasteiger partial charge in [-0.25, -0.2) is 0 Å². The van der Waals surface area contributed by atoms with E-state index >= 15 is 0 Å². The molecule has 0 unspecified atom stereocenters. The minimum Gasteiger partial charge on any atom is -0.363 e. The van der Waals surface area contributed by atoms with Crippen LogP contribution in [0, 0.1) is 0 Å². The number of halogens is 1. The summed E-state index contributed by atoms with van der Waals surface area (Å²) in [7, 11) is 3.51. The number of benzene rings is 1. The van der Waals surface area contributed by atoms with Crippen LogP contribution in [-0.4, -0.2) is 55.1 Å². The first kappa shape index (κ1) is 15.3. The fourth-order valence-electron chi connectivity index (χ4n) is 2.58. The van der Waals surface area contributed by atoms with Gasteiger partial charge in [-0.1, -0.05) is 23.7 Å². The average Bonchev–Trinajstić information content (AvgIpc) is 2.37. The molecule has 2 rings (SSSR count). The summed E-state index contributed by atoms with van der Waals surface area (Å²) in [5.74, 6) is 0.00768. The number of hydrogen-bond acceptors (Lipinski definition) is 3. The fraction of sp³-hybridized carbons (Fsp3) is 0.533. The largest absolute Gasteiger partial charge is 0.363 e. The van der Waals surface area contributed by atoms with Crippen LogP contribution in [0.25, 0.3) is 0 Å². The summed E-state index contributed by atoms with van der Waals surface area (Å²) in [6, 6.07) is 7.82. The predicted molar refractivity (Wildman–Crippen MR) is 79.8 cm³/mol. The first-order valence-electron chi connectivity index (χ1n) is 6.73. The molecule has 0 aromatic heterocycles. The van der Waals surface area contributed by atoms with Crippen molar-refractivity contribution in [3.05, 3.63) is 34.9 Å². The van der Waals surface area contributed by atoms with Gasteiger partial charge in [-0.2, -0.15) is 0 Å². The summed E-state index contributed by atoms with van der Waals surface area (Å²) in [4.78, 5) is 16.0. The van der Waals surface area contributed by atoms with Crippen molar-refractivity contribution in [1.29, 1.82) is 0 Å². The molecule has 0 bridgehead atoms. The Morgan fingerprint density at radius 1 is 1.50 bits per heavy atom. The maximum absolute atomic E-state index is 12.2. The van der Waals surface area contributed by atoms with E-state index in [9.17, 15) is 4.79 Å². The molecule has 0 saturated carbocycles. The Balaban J connectivity index is 2.05. The average molecular weight is 297 g/mol. The lowest BCUT2D eigenvalue weighted by molar-refractivity contribution is -0.165. The van der Waals surface area contributed by atoms with Crippen LogP contribution < -0.4 is 0 Å². The van der Waals surface area contributed by atoms with E-state index < -0.39 is 5.60 Å². The predicted octanol–water partition coefficient (Wildman–Crippen LogP) is 2.02. The number of nitrogens with zero attached hydrogens (tertiary/aromatic N) is 2. The molecule has 1 atom stereocenters. The SMILES string of the molecule is CN(C)C(=O)[C@@]1(C)CN(Cc2cccc(Cl)c2)CCO1. The molecule has 20 heavy (non-hydrogen) atoms. The summed E-state index contributed by atoms with van der Waals surface area (Å²) < 4.78 is 5.72. The quantitative estimate of drug-likeness (QED) is 0.855. The van der Waals surface area contributed by atoms with Crippen LogP contribution in [0.2, 0.25) is 5.02 Å². The highest BCUT2D eigenvalue weighted by atomic mass is 35.5. The van der Waals surface area contributed by atoms with Crippen molar-refractivity contribution in [2.24, 2.45) is 0 Å². The zero-order valence-corrected chi connectivity index (χ0v) is 13.0. The zero-order valence-electron chi connectivity index (χ0n) is 12.2. The molecule has 1 fully saturated rings. The van der Waals surface area contributed by atoms with E-state index in [2.05, 4.69) is 4.90 Å². The maximum Gasteiger partial charge on any atom is 0.255 e. The molecular formula is C15H21ClN2O2. The molecule has 1 saturated heterocycles. The number of carbonyl (C=O) groups is 1.